The summed E-state index contributed by atoms with van der Waals surface area (Å²) in [6.45, 7) is 3.98. The first-order chi connectivity index (χ1) is 11.6. The van der Waals surface area contributed by atoms with Crippen LogP contribution >= 0.6 is 11.6 Å². The van der Waals surface area contributed by atoms with Crippen molar-refractivity contribution >= 4 is 17.5 Å². The molecule has 1 saturated heterocycles. The second-order valence-corrected chi connectivity index (χ2v) is 6.66. The van der Waals surface area contributed by atoms with E-state index in [9.17, 15) is 4.79 Å². The first kappa shape index (κ1) is 17.0. The second-order valence-electron chi connectivity index (χ2n) is 6.23. The van der Waals surface area contributed by atoms with Gasteiger partial charge in [-0.15, -0.1) is 0 Å². The van der Waals surface area contributed by atoms with Crippen molar-refractivity contribution in [1.29, 1.82) is 0 Å². The number of likely N-dealkylation sites (tertiary alicyclic amines) is 1. The van der Waals surface area contributed by atoms with Crippen LogP contribution in [0.25, 0.3) is 0 Å². The lowest BCUT2D eigenvalue weighted by atomic mass is 9.92. The maximum atomic E-state index is 12.7. The number of aryl methyl sites for hydroxylation is 1. The molecule has 1 fully saturated rings. The van der Waals surface area contributed by atoms with Crippen molar-refractivity contribution in [3.8, 4) is 0 Å². The van der Waals surface area contributed by atoms with Crippen LogP contribution in [0.4, 0.5) is 0 Å². The standard InChI is InChI=1S/C18H22ClN3O2/c1-13-12-15(19)2-3-16(13)18(24)21-8-5-14(6-9-21)17-4-7-20-22(17)10-11-23/h2-4,7,12,14,23H,5-6,8-11H2,1H3. The number of hydrogen-bond donors (Lipinski definition) is 1. The van der Waals surface area contributed by atoms with Gasteiger partial charge in [-0.1, -0.05) is 11.6 Å². The molecule has 0 radical (unpaired) electrons. The molecule has 1 N–H and O–H groups in total. The third kappa shape index (κ3) is 3.47. The zero-order valence-electron chi connectivity index (χ0n) is 13.8. The summed E-state index contributed by atoms with van der Waals surface area (Å²) in [7, 11) is 0. The molecule has 0 atom stereocenters. The van der Waals surface area contributed by atoms with Crippen LogP contribution in [0.5, 0.6) is 0 Å². The summed E-state index contributed by atoms with van der Waals surface area (Å²) in [5, 5.41) is 14.0. The highest BCUT2D eigenvalue weighted by Gasteiger charge is 2.27. The van der Waals surface area contributed by atoms with Gasteiger partial charge < -0.3 is 10.0 Å². The van der Waals surface area contributed by atoms with Gasteiger partial charge in [0.1, 0.15) is 0 Å². The highest BCUT2D eigenvalue weighted by Crippen LogP contribution is 2.29. The average molecular weight is 348 g/mol. The first-order valence-corrected chi connectivity index (χ1v) is 8.66. The minimum absolute atomic E-state index is 0.0754. The van der Waals surface area contributed by atoms with E-state index in [-0.39, 0.29) is 12.5 Å². The van der Waals surface area contributed by atoms with Gasteiger partial charge in [0, 0.05) is 41.5 Å². The summed E-state index contributed by atoms with van der Waals surface area (Å²) < 4.78 is 1.87. The molecular weight excluding hydrogens is 326 g/mol. The molecule has 3 rings (SSSR count). The van der Waals surface area contributed by atoms with Gasteiger partial charge in [0.15, 0.2) is 0 Å². The lowest BCUT2D eigenvalue weighted by Crippen LogP contribution is -2.38. The lowest BCUT2D eigenvalue weighted by Gasteiger charge is -2.32. The second kappa shape index (κ2) is 7.36. The molecule has 1 aromatic carbocycles. The van der Waals surface area contributed by atoms with E-state index in [0.717, 1.165) is 42.8 Å². The van der Waals surface area contributed by atoms with Crippen molar-refractivity contribution in [2.45, 2.75) is 32.2 Å². The number of halogens is 1. The maximum absolute atomic E-state index is 12.7. The predicted molar refractivity (Wildman–Crippen MR) is 93.4 cm³/mol. The number of aliphatic hydroxyl groups excluding tert-OH is 1. The van der Waals surface area contributed by atoms with Gasteiger partial charge in [-0.2, -0.15) is 5.10 Å². The summed E-state index contributed by atoms with van der Waals surface area (Å²) in [5.41, 5.74) is 2.79. The lowest BCUT2D eigenvalue weighted by molar-refractivity contribution is 0.0710. The number of piperidine rings is 1. The predicted octanol–water partition coefficient (Wildman–Crippen LogP) is 2.86. The summed E-state index contributed by atoms with van der Waals surface area (Å²) in [6, 6.07) is 7.42. The molecule has 128 valence electrons. The number of benzene rings is 1. The number of aromatic nitrogens is 2. The average Bonchev–Trinajstić information content (AvgIpc) is 3.03. The van der Waals surface area contributed by atoms with Crippen LogP contribution in [0, 0.1) is 6.92 Å². The van der Waals surface area contributed by atoms with Crippen molar-refractivity contribution in [3.05, 3.63) is 52.3 Å². The fourth-order valence-electron chi connectivity index (χ4n) is 3.39. The molecule has 6 heteroatoms. The third-order valence-corrected chi connectivity index (χ3v) is 4.92. The molecule has 1 aliphatic heterocycles. The van der Waals surface area contributed by atoms with Crippen LogP contribution in [0.15, 0.2) is 30.5 Å². The Balaban J connectivity index is 1.66. The molecule has 0 bridgehead atoms. The largest absolute Gasteiger partial charge is 0.394 e. The maximum Gasteiger partial charge on any atom is 0.254 e. The number of hydrogen-bond acceptors (Lipinski definition) is 3. The Labute approximate surface area is 146 Å². The van der Waals surface area contributed by atoms with Gasteiger partial charge in [-0.25, -0.2) is 0 Å². The number of aliphatic hydroxyl groups is 1. The van der Waals surface area contributed by atoms with Gasteiger partial charge in [-0.3, -0.25) is 9.48 Å². The Bertz CT molecular complexity index is 721. The fraction of sp³-hybridized carbons (Fsp3) is 0.444. The summed E-state index contributed by atoms with van der Waals surface area (Å²) in [4.78, 5) is 14.6. The molecular formula is C18H22ClN3O2. The van der Waals surface area contributed by atoms with E-state index in [4.69, 9.17) is 16.7 Å². The number of rotatable bonds is 4. The molecule has 2 heterocycles. The first-order valence-electron chi connectivity index (χ1n) is 8.28. The van der Waals surface area contributed by atoms with E-state index in [1.165, 1.54) is 0 Å². The SMILES string of the molecule is Cc1cc(Cl)ccc1C(=O)N1CCC(c2ccnn2CCO)CC1. The Morgan fingerprint density at radius 1 is 1.33 bits per heavy atom. The van der Waals surface area contributed by atoms with E-state index in [1.54, 1.807) is 12.3 Å². The third-order valence-electron chi connectivity index (χ3n) is 4.68. The minimum Gasteiger partial charge on any atom is -0.394 e. The van der Waals surface area contributed by atoms with Crippen molar-refractivity contribution in [1.82, 2.24) is 14.7 Å². The Hall–Kier alpha value is -1.85. The van der Waals surface area contributed by atoms with Gasteiger partial charge >= 0.3 is 0 Å². The quantitative estimate of drug-likeness (QED) is 0.925. The number of nitrogens with zero attached hydrogens (tertiary/aromatic N) is 3. The van der Waals surface area contributed by atoms with E-state index in [2.05, 4.69) is 5.10 Å². The monoisotopic (exact) mass is 347 g/mol. The highest BCUT2D eigenvalue weighted by molar-refractivity contribution is 6.30. The fourth-order valence-corrected chi connectivity index (χ4v) is 3.61. The minimum atomic E-state index is 0.0754. The van der Waals surface area contributed by atoms with Gasteiger partial charge in [0.25, 0.3) is 5.91 Å². The van der Waals surface area contributed by atoms with Crippen LogP contribution in [-0.2, 0) is 6.54 Å². The van der Waals surface area contributed by atoms with Crippen molar-refractivity contribution in [3.63, 3.8) is 0 Å². The van der Waals surface area contributed by atoms with Crippen LogP contribution in [0.2, 0.25) is 5.02 Å². The Morgan fingerprint density at radius 3 is 2.75 bits per heavy atom. The van der Waals surface area contributed by atoms with E-state index >= 15 is 0 Å². The van der Waals surface area contributed by atoms with Gasteiger partial charge in [0.05, 0.1) is 13.2 Å². The molecule has 24 heavy (non-hydrogen) atoms. The zero-order valence-corrected chi connectivity index (χ0v) is 14.5. The number of carbonyl (C=O) groups is 1. The summed E-state index contributed by atoms with van der Waals surface area (Å²) >= 11 is 5.97. The van der Waals surface area contributed by atoms with Crippen LogP contribution < -0.4 is 0 Å². The number of carbonyl (C=O) groups excluding carboxylic acids is 1. The zero-order chi connectivity index (χ0) is 17.1. The molecule has 1 amide bonds. The molecule has 0 unspecified atom stereocenters. The normalized spacial score (nSPS) is 15.7. The van der Waals surface area contributed by atoms with Crippen LogP contribution in [-0.4, -0.2) is 45.4 Å². The van der Waals surface area contributed by atoms with Gasteiger partial charge in [-0.05, 0) is 49.6 Å². The highest BCUT2D eigenvalue weighted by atomic mass is 35.5. The molecule has 1 aromatic heterocycles. The summed E-state index contributed by atoms with van der Waals surface area (Å²) in [6.07, 6.45) is 3.60. The topological polar surface area (TPSA) is 58.4 Å². The molecule has 0 saturated carbocycles. The van der Waals surface area contributed by atoms with E-state index in [1.807, 2.05) is 34.7 Å². The Morgan fingerprint density at radius 2 is 2.08 bits per heavy atom. The smallest absolute Gasteiger partial charge is 0.254 e. The molecule has 0 aliphatic carbocycles. The molecule has 5 nitrogen and oxygen atoms in total. The van der Waals surface area contributed by atoms with Crippen molar-refractivity contribution in [2.24, 2.45) is 0 Å². The van der Waals surface area contributed by atoms with Crippen molar-refractivity contribution < 1.29 is 9.90 Å². The van der Waals surface area contributed by atoms with E-state index < -0.39 is 0 Å². The molecule has 1 aliphatic rings. The Kier molecular flexibility index (Phi) is 5.21. The summed E-state index contributed by atoms with van der Waals surface area (Å²) in [5.74, 6) is 0.459. The van der Waals surface area contributed by atoms with Crippen molar-refractivity contribution in [2.75, 3.05) is 19.7 Å². The number of amides is 1. The van der Waals surface area contributed by atoms with Gasteiger partial charge in [0.2, 0.25) is 0 Å². The van der Waals surface area contributed by atoms with Crippen LogP contribution in [0.1, 0.15) is 40.4 Å². The van der Waals surface area contributed by atoms with Crippen LogP contribution in [0.3, 0.4) is 0 Å². The molecule has 0 spiro atoms. The molecule has 2 aromatic rings. The van der Waals surface area contributed by atoms with E-state index in [0.29, 0.717) is 17.5 Å².